The van der Waals surface area contributed by atoms with E-state index >= 15 is 0 Å². The third kappa shape index (κ3) is 3.28. The highest BCUT2D eigenvalue weighted by Gasteiger charge is 2.20. The van der Waals surface area contributed by atoms with Crippen molar-refractivity contribution in [3.8, 4) is 0 Å². The Kier molecular flexibility index (Phi) is 4.60. The second kappa shape index (κ2) is 6.40. The van der Waals surface area contributed by atoms with E-state index < -0.39 is 4.92 Å². The third-order valence-electron chi connectivity index (χ3n) is 2.79. The van der Waals surface area contributed by atoms with Gasteiger partial charge in [0.25, 0.3) is 5.69 Å². The van der Waals surface area contributed by atoms with Gasteiger partial charge in [-0.15, -0.1) is 0 Å². The Hall–Kier alpha value is -2.05. The van der Waals surface area contributed by atoms with Gasteiger partial charge < -0.3 is 14.8 Å². The van der Waals surface area contributed by atoms with Crippen molar-refractivity contribution in [3.05, 3.63) is 57.5 Å². The fourth-order valence-corrected chi connectivity index (χ4v) is 2.04. The van der Waals surface area contributed by atoms with Crippen molar-refractivity contribution in [2.45, 2.75) is 12.5 Å². The van der Waals surface area contributed by atoms with Crippen LogP contribution in [0.4, 0.5) is 11.4 Å². The lowest BCUT2D eigenvalue weighted by atomic mass is 10.1. The molecule has 0 radical (unpaired) electrons. The van der Waals surface area contributed by atoms with Gasteiger partial charge in [-0.1, -0.05) is 11.6 Å². The topological polar surface area (TPSA) is 88.5 Å². The third-order valence-corrected chi connectivity index (χ3v) is 3.03. The minimum Gasteiger partial charge on any atom is -0.467 e. The van der Waals surface area contributed by atoms with E-state index in [1.54, 1.807) is 18.2 Å². The van der Waals surface area contributed by atoms with Crippen LogP contribution in [-0.4, -0.2) is 16.6 Å². The number of anilines is 1. The van der Waals surface area contributed by atoms with Crippen molar-refractivity contribution in [1.82, 2.24) is 0 Å². The normalized spacial score (nSPS) is 12.1. The molecule has 0 bridgehead atoms. The Balaban J connectivity index is 2.29. The predicted molar refractivity (Wildman–Crippen MR) is 74.9 cm³/mol. The second-order valence-electron chi connectivity index (χ2n) is 4.14. The summed E-state index contributed by atoms with van der Waals surface area (Å²) in [4.78, 5) is 10.5. The van der Waals surface area contributed by atoms with Crippen molar-refractivity contribution in [1.29, 1.82) is 0 Å². The number of hydrogen-bond donors (Lipinski definition) is 2. The van der Waals surface area contributed by atoms with Crippen LogP contribution in [0.5, 0.6) is 0 Å². The maximum absolute atomic E-state index is 11.0. The molecule has 0 fully saturated rings. The molecular formula is C13H13ClN2O4. The molecule has 1 aromatic carbocycles. The maximum atomic E-state index is 11.0. The SMILES string of the molecule is O=[N+]([O-])c1cc(Cl)ccc1NC(CCO)c1ccco1. The summed E-state index contributed by atoms with van der Waals surface area (Å²) in [5, 5.41) is 23.4. The van der Waals surface area contributed by atoms with Crippen molar-refractivity contribution in [2.75, 3.05) is 11.9 Å². The molecule has 0 saturated heterocycles. The van der Waals surface area contributed by atoms with E-state index in [0.29, 0.717) is 22.9 Å². The number of nitro groups is 1. The highest BCUT2D eigenvalue weighted by atomic mass is 35.5. The molecule has 0 aliphatic heterocycles. The fraction of sp³-hybridized carbons (Fsp3) is 0.231. The van der Waals surface area contributed by atoms with E-state index in [4.69, 9.17) is 21.1 Å². The number of furan rings is 1. The van der Waals surface area contributed by atoms with E-state index in [-0.39, 0.29) is 18.3 Å². The molecule has 0 spiro atoms. The number of hydrogen-bond acceptors (Lipinski definition) is 5. The Morgan fingerprint density at radius 2 is 2.25 bits per heavy atom. The van der Waals surface area contributed by atoms with Crippen LogP contribution in [0.25, 0.3) is 0 Å². The molecule has 6 nitrogen and oxygen atoms in total. The van der Waals surface area contributed by atoms with Gasteiger partial charge in [0.05, 0.1) is 17.2 Å². The Morgan fingerprint density at radius 3 is 2.85 bits per heavy atom. The van der Waals surface area contributed by atoms with Crippen molar-refractivity contribution >= 4 is 23.0 Å². The smallest absolute Gasteiger partial charge is 0.293 e. The molecule has 0 saturated carbocycles. The van der Waals surface area contributed by atoms with Crippen LogP contribution in [0.3, 0.4) is 0 Å². The van der Waals surface area contributed by atoms with E-state index in [2.05, 4.69) is 5.32 Å². The molecule has 2 aromatic rings. The summed E-state index contributed by atoms with van der Waals surface area (Å²) in [5.41, 5.74) is 0.209. The zero-order valence-electron chi connectivity index (χ0n) is 10.5. The average molecular weight is 297 g/mol. The minimum absolute atomic E-state index is 0.0697. The molecule has 2 N–H and O–H groups in total. The summed E-state index contributed by atoms with van der Waals surface area (Å²) in [6.45, 7) is -0.0697. The van der Waals surface area contributed by atoms with Crippen LogP contribution in [0.2, 0.25) is 5.02 Å². The highest BCUT2D eigenvalue weighted by Crippen LogP contribution is 2.31. The second-order valence-corrected chi connectivity index (χ2v) is 4.58. The number of aliphatic hydroxyl groups excluding tert-OH is 1. The maximum Gasteiger partial charge on any atom is 0.293 e. The molecule has 0 aliphatic carbocycles. The summed E-state index contributed by atoms with van der Waals surface area (Å²) in [6, 6.07) is 7.49. The monoisotopic (exact) mass is 296 g/mol. The predicted octanol–water partition coefficient (Wildman–Crippen LogP) is 3.38. The molecule has 0 amide bonds. The van der Waals surface area contributed by atoms with E-state index in [1.165, 1.54) is 18.4 Å². The van der Waals surface area contributed by atoms with Crippen LogP contribution >= 0.6 is 11.6 Å². The zero-order chi connectivity index (χ0) is 14.5. The lowest BCUT2D eigenvalue weighted by Crippen LogP contribution is -2.12. The Labute approximate surface area is 120 Å². The summed E-state index contributed by atoms with van der Waals surface area (Å²) < 4.78 is 5.27. The van der Waals surface area contributed by atoms with E-state index in [0.717, 1.165) is 0 Å². The van der Waals surface area contributed by atoms with Gasteiger partial charge in [-0.05, 0) is 30.7 Å². The van der Waals surface area contributed by atoms with E-state index in [9.17, 15) is 10.1 Å². The van der Waals surface area contributed by atoms with Gasteiger partial charge in [0.15, 0.2) is 0 Å². The van der Waals surface area contributed by atoms with Gasteiger partial charge in [-0.25, -0.2) is 0 Å². The number of aliphatic hydroxyl groups is 1. The number of nitro benzene ring substituents is 1. The standard InChI is InChI=1S/C13H13ClN2O4/c14-9-3-4-10(12(8-9)16(18)19)15-11(5-6-17)13-2-1-7-20-13/h1-4,7-8,11,15,17H,5-6H2. The van der Waals surface area contributed by atoms with Gasteiger partial charge in [-0.3, -0.25) is 10.1 Å². The first-order chi connectivity index (χ1) is 9.61. The lowest BCUT2D eigenvalue weighted by Gasteiger charge is -2.16. The number of rotatable bonds is 6. The van der Waals surface area contributed by atoms with E-state index in [1.807, 2.05) is 0 Å². The molecule has 7 heteroatoms. The number of benzene rings is 1. The van der Waals surface area contributed by atoms with Crippen LogP contribution in [-0.2, 0) is 0 Å². The summed E-state index contributed by atoms with van der Waals surface area (Å²) in [5.74, 6) is 0.600. The number of nitrogens with zero attached hydrogens (tertiary/aromatic N) is 1. The van der Waals surface area contributed by atoms with Gasteiger partial charge in [0.1, 0.15) is 11.4 Å². The van der Waals surface area contributed by atoms with Crippen molar-refractivity contribution in [3.63, 3.8) is 0 Å². The first kappa shape index (κ1) is 14.4. The molecule has 20 heavy (non-hydrogen) atoms. The molecule has 1 heterocycles. The number of halogens is 1. The fourth-order valence-electron chi connectivity index (χ4n) is 1.87. The molecule has 1 aromatic heterocycles. The Bertz CT molecular complexity index is 586. The minimum atomic E-state index is -0.508. The van der Waals surface area contributed by atoms with Gasteiger partial charge in [0, 0.05) is 17.7 Å². The molecule has 1 atom stereocenters. The molecule has 2 rings (SSSR count). The zero-order valence-corrected chi connectivity index (χ0v) is 11.2. The molecule has 1 unspecified atom stereocenters. The highest BCUT2D eigenvalue weighted by molar-refractivity contribution is 6.30. The first-order valence-corrected chi connectivity index (χ1v) is 6.34. The van der Waals surface area contributed by atoms with Crippen molar-refractivity contribution < 1.29 is 14.4 Å². The molecular weight excluding hydrogens is 284 g/mol. The van der Waals surface area contributed by atoms with Crippen LogP contribution in [0.1, 0.15) is 18.2 Å². The lowest BCUT2D eigenvalue weighted by molar-refractivity contribution is -0.384. The summed E-state index contributed by atoms with van der Waals surface area (Å²) >= 11 is 5.77. The van der Waals surface area contributed by atoms with Crippen molar-refractivity contribution in [2.24, 2.45) is 0 Å². The quantitative estimate of drug-likeness (QED) is 0.630. The first-order valence-electron chi connectivity index (χ1n) is 5.96. The summed E-state index contributed by atoms with van der Waals surface area (Å²) in [6.07, 6.45) is 1.88. The largest absolute Gasteiger partial charge is 0.467 e. The van der Waals surface area contributed by atoms with Crippen LogP contribution < -0.4 is 5.32 Å². The molecule has 106 valence electrons. The van der Waals surface area contributed by atoms with Gasteiger partial charge >= 0.3 is 0 Å². The number of nitrogens with one attached hydrogen (secondary N) is 1. The summed E-state index contributed by atoms with van der Waals surface area (Å²) in [7, 11) is 0. The van der Waals surface area contributed by atoms with Crippen LogP contribution in [0.15, 0.2) is 41.0 Å². The Morgan fingerprint density at radius 1 is 1.45 bits per heavy atom. The van der Waals surface area contributed by atoms with Gasteiger partial charge in [-0.2, -0.15) is 0 Å². The average Bonchev–Trinajstić information content (AvgIpc) is 2.93. The van der Waals surface area contributed by atoms with Crippen LogP contribution in [0, 0.1) is 10.1 Å². The molecule has 0 aliphatic rings. The van der Waals surface area contributed by atoms with Gasteiger partial charge in [0.2, 0.25) is 0 Å².